The molecule has 224 valence electrons. The normalized spacial score (nSPS) is 23.4. The maximum Gasteiger partial charge on any atom is 0.290 e. The molecule has 1 fully saturated rings. The number of carbonyl (C=O) groups excluding carboxylic acids is 1. The van der Waals surface area contributed by atoms with Crippen molar-refractivity contribution in [2.45, 2.75) is 51.1 Å². The maximum atomic E-state index is 13.8. The van der Waals surface area contributed by atoms with Crippen LogP contribution >= 0.6 is 0 Å². The van der Waals surface area contributed by atoms with E-state index < -0.39 is 0 Å². The Balaban J connectivity index is 1.37. The van der Waals surface area contributed by atoms with Crippen LogP contribution in [0.25, 0.3) is 0 Å². The Morgan fingerprint density at radius 2 is 1.48 bits per heavy atom. The molecule has 0 unspecified atom stereocenters. The van der Waals surface area contributed by atoms with E-state index in [-0.39, 0.29) is 11.9 Å². The predicted octanol–water partition coefficient (Wildman–Crippen LogP) is 6.09. The molecule has 4 atom stereocenters. The quantitative estimate of drug-likeness (QED) is 0.322. The van der Waals surface area contributed by atoms with Crippen molar-refractivity contribution in [3.63, 3.8) is 0 Å². The molecular weight excluding hydrogens is 532 g/mol. The number of piperidine rings is 1. The van der Waals surface area contributed by atoms with E-state index in [1.807, 2.05) is 4.90 Å². The minimum Gasteiger partial charge on any atom is -0.493 e. The third-order valence-corrected chi connectivity index (χ3v) is 9.82. The Bertz CT molecular complexity index is 1420. The third kappa shape index (κ3) is 5.00. The van der Waals surface area contributed by atoms with Gasteiger partial charge in [0.2, 0.25) is 0 Å². The van der Waals surface area contributed by atoms with Crippen LogP contribution in [-0.2, 0) is 12.8 Å². The molecule has 0 spiro atoms. The molecule has 3 aromatic rings. The standard InChI is InChI=1S/C34H42N2O6/c1-6-21-20-35-11-9-22-16-30(38-2)32(40-4)18-25(22)27(35)14-24(21)15-28-26-19-33(41-5)31(39-3)17-23(26)10-12-36(28)34(37)29-8-7-13-42-29/h7-8,13,16-19,21,24,27-28H,6,9-12,14-15,20H2,1-5H3/t21-,24+,27-,28+/m0/s1. The minimum atomic E-state index is -0.0924. The Morgan fingerprint density at radius 1 is 0.857 bits per heavy atom. The largest absolute Gasteiger partial charge is 0.493 e. The van der Waals surface area contributed by atoms with Crippen LogP contribution in [0.1, 0.15) is 71.1 Å². The number of nitrogens with zero attached hydrogens (tertiary/aromatic N) is 2. The summed E-state index contributed by atoms with van der Waals surface area (Å²) in [7, 11) is 6.74. The van der Waals surface area contributed by atoms with Crippen LogP contribution < -0.4 is 18.9 Å². The summed E-state index contributed by atoms with van der Waals surface area (Å²) < 4.78 is 28.3. The van der Waals surface area contributed by atoms with E-state index in [0.717, 1.165) is 68.0 Å². The lowest BCUT2D eigenvalue weighted by Crippen LogP contribution is -2.47. The molecule has 3 aliphatic heterocycles. The van der Waals surface area contributed by atoms with Crippen molar-refractivity contribution >= 4 is 5.91 Å². The van der Waals surface area contributed by atoms with E-state index in [2.05, 4.69) is 36.1 Å². The predicted molar refractivity (Wildman–Crippen MR) is 160 cm³/mol. The molecule has 0 aliphatic carbocycles. The van der Waals surface area contributed by atoms with Gasteiger partial charge in [-0.25, -0.2) is 0 Å². The highest BCUT2D eigenvalue weighted by molar-refractivity contribution is 5.92. The lowest BCUT2D eigenvalue weighted by molar-refractivity contribution is 0.0278. The Kier molecular flexibility index (Phi) is 8.08. The molecule has 4 heterocycles. The van der Waals surface area contributed by atoms with Gasteiger partial charge in [-0.2, -0.15) is 0 Å². The lowest BCUT2D eigenvalue weighted by atomic mass is 9.72. The van der Waals surface area contributed by atoms with Crippen molar-refractivity contribution in [2.24, 2.45) is 11.8 Å². The molecule has 42 heavy (non-hydrogen) atoms. The molecule has 1 saturated heterocycles. The van der Waals surface area contributed by atoms with Crippen molar-refractivity contribution < 1.29 is 28.2 Å². The van der Waals surface area contributed by atoms with Crippen molar-refractivity contribution in [1.29, 1.82) is 0 Å². The second-order valence-electron chi connectivity index (χ2n) is 11.7. The zero-order chi connectivity index (χ0) is 29.4. The number of carbonyl (C=O) groups is 1. The van der Waals surface area contributed by atoms with Gasteiger partial charge in [-0.1, -0.05) is 13.3 Å². The van der Waals surface area contributed by atoms with Gasteiger partial charge >= 0.3 is 0 Å². The van der Waals surface area contributed by atoms with Crippen molar-refractivity contribution in [3.8, 4) is 23.0 Å². The van der Waals surface area contributed by atoms with Crippen molar-refractivity contribution in [3.05, 3.63) is 70.7 Å². The lowest BCUT2D eigenvalue weighted by Gasteiger charge is -2.49. The summed E-state index contributed by atoms with van der Waals surface area (Å²) in [4.78, 5) is 18.5. The summed E-state index contributed by atoms with van der Waals surface area (Å²) in [5.41, 5.74) is 5.05. The molecule has 0 N–H and O–H groups in total. The molecule has 8 heteroatoms. The van der Waals surface area contributed by atoms with Gasteiger partial charge in [-0.15, -0.1) is 0 Å². The Hall–Kier alpha value is -3.65. The van der Waals surface area contributed by atoms with Crippen LogP contribution in [0.5, 0.6) is 23.0 Å². The van der Waals surface area contributed by atoms with E-state index in [1.54, 1.807) is 46.8 Å². The number of methoxy groups -OCH3 is 4. The van der Waals surface area contributed by atoms with E-state index in [1.165, 1.54) is 16.7 Å². The molecule has 0 bridgehead atoms. The number of hydrogen-bond donors (Lipinski definition) is 0. The molecular formula is C34H42N2O6. The smallest absolute Gasteiger partial charge is 0.290 e. The van der Waals surface area contributed by atoms with E-state index >= 15 is 0 Å². The number of rotatable bonds is 8. The summed E-state index contributed by atoms with van der Waals surface area (Å²) in [6.07, 6.45) is 6.34. The van der Waals surface area contributed by atoms with Crippen LogP contribution in [-0.4, -0.2) is 63.8 Å². The SMILES string of the molecule is CC[C@H]1CN2CCc3cc(OC)c(OC)cc3[C@@H]2C[C@@H]1C[C@@H]1c2cc(OC)c(OC)cc2CCN1C(=O)c1ccco1. The van der Waals surface area contributed by atoms with Crippen molar-refractivity contribution in [1.82, 2.24) is 9.80 Å². The van der Waals surface area contributed by atoms with Gasteiger partial charge in [-0.3, -0.25) is 9.69 Å². The van der Waals surface area contributed by atoms with Gasteiger partial charge in [0.1, 0.15) is 0 Å². The molecule has 0 saturated carbocycles. The van der Waals surface area contributed by atoms with Crippen LogP contribution in [0.3, 0.4) is 0 Å². The first-order valence-electron chi connectivity index (χ1n) is 15.1. The molecule has 1 amide bonds. The number of amides is 1. The second kappa shape index (κ2) is 11.9. The summed E-state index contributed by atoms with van der Waals surface area (Å²) in [5.74, 6) is 4.27. The third-order valence-electron chi connectivity index (χ3n) is 9.82. The molecule has 2 aromatic carbocycles. The van der Waals surface area contributed by atoms with Gasteiger partial charge in [0.15, 0.2) is 28.8 Å². The average Bonchev–Trinajstić information content (AvgIpc) is 3.58. The summed E-state index contributed by atoms with van der Waals surface area (Å²) >= 11 is 0. The Morgan fingerprint density at radius 3 is 2.10 bits per heavy atom. The van der Waals surface area contributed by atoms with E-state index in [4.69, 9.17) is 23.4 Å². The minimum absolute atomic E-state index is 0.0595. The monoisotopic (exact) mass is 574 g/mol. The van der Waals surface area contributed by atoms with Crippen molar-refractivity contribution in [2.75, 3.05) is 48.1 Å². The van der Waals surface area contributed by atoms with E-state index in [0.29, 0.717) is 35.9 Å². The zero-order valence-electron chi connectivity index (χ0n) is 25.4. The van der Waals surface area contributed by atoms with Gasteiger partial charge in [0, 0.05) is 25.7 Å². The number of benzene rings is 2. The first kappa shape index (κ1) is 28.5. The highest BCUT2D eigenvalue weighted by Crippen LogP contribution is 2.49. The molecule has 6 rings (SSSR count). The second-order valence-corrected chi connectivity index (χ2v) is 11.7. The fourth-order valence-electron chi connectivity index (χ4n) is 7.61. The van der Waals surface area contributed by atoms with Gasteiger partial charge in [0.25, 0.3) is 5.91 Å². The summed E-state index contributed by atoms with van der Waals surface area (Å²) in [6.45, 7) is 5.03. The highest BCUT2D eigenvalue weighted by atomic mass is 16.5. The molecule has 0 radical (unpaired) electrons. The highest BCUT2D eigenvalue weighted by Gasteiger charge is 2.42. The number of hydrogen-bond acceptors (Lipinski definition) is 7. The first-order valence-corrected chi connectivity index (χ1v) is 15.1. The van der Waals surface area contributed by atoms with E-state index in [9.17, 15) is 4.79 Å². The van der Waals surface area contributed by atoms with Gasteiger partial charge in [0.05, 0.1) is 40.7 Å². The molecule has 1 aromatic heterocycles. The molecule has 8 nitrogen and oxygen atoms in total. The number of furan rings is 1. The zero-order valence-corrected chi connectivity index (χ0v) is 25.4. The van der Waals surface area contributed by atoms with Crippen LogP contribution in [0, 0.1) is 11.8 Å². The van der Waals surface area contributed by atoms with Crippen LogP contribution in [0.4, 0.5) is 0 Å². The number of ether oxygens (including phenoxy) is 4. The maximum absolute atomic E-state index is 13.8. The van der Waals surface area contributed by atoms with Crippen LogP contribution in [0.2, 0.25) is 0 Å². The fourth-order valence-corrected chi connectivity index (χ4v) is 7.61. The fraction of sp³-hybridized carbons (Fsp3) is 0.500. The topological polar surface area (TPSA) is 73.6 Å². The number of fused-ring (bicyclic) bond motifs is 4. The van der Waals surface area contributed by atoms with Crippen LogP contribution in [0.15, 0.2) is 47.1 Å². The van der Waals surface area contributed by atoms with Gasteiger partial charge in [-0.05, 0) is 96.2 Å². The Labute approximate surface area is 248 Å². The molecule has 3 aliphatic rings. The summed E-state index contributed by atoms with van der Waals surface area (Å²) in [5, 5.41) is 0. The summed E-state index contributed by atoms with van der Waals surface area (Å²) in [6, 6.07) is 12.3. The average molecular weight is 575 g/mol. The first-order chi connectivity index (χ1) is 20.5. The van der Waals surface area contributed by atoms with Gasteiger partial charge < -0.3 is 28.3 Å².